The van der Waals surface area contributed by atoms with E-state index in [1.807, 2.05) is 6.92 Å². The summed E-state index contributed by atoms with van der Waals surface area (Å²) in [7, 11) is 0. The molecule has 1 amide bonds. The van der Waals surface area contributed by atoms with Crippen LogP contribution in [0.25, 0.3) is 0 Å². The molecule has 0 aliphatic heterocycles. The second kappa shape index (κ2) is 4.18. The summed E-state index contributed by atoms with van der Waals surface area (Å²) in [6, 6.07) is 1.78. The zero-order valence-corrected chi connectivity index (χ0v) is 9.07. The number of H-pyrrole nitrogens is 1. The summed E-state index contributed by atoms with van der Waals surface area (Å²) in [6.07, 6.45) is 1.50. The minimum atomic E-state index is -0.180. The van der Waals surface area contributed by atoms with Gasteiger partial charge in [0.15, 0.2) is 5.76 Å². The lowest BCUT2D eigenvalue weighted by molar-refractivity contribution is 0.0946. The van der Waals surface area contributed by atoms with Crippen LogP contribution in [0.15, 0.2) is 16.8 Å². The number of carbonyl (C=O) groups excluding carboxylic acids is 1. The van der Waals surface area contributed by atoms with Gasteiger partial charge in [-0.05, 0) is 13.8 Å². The van der Waals surface area contributed by atoms with Gasteiger partial charge in [-0.15, -0.1) is 0 Å². The second-order valence-electron chi connectivity index (χ2n) is 3.53. The smallest absolute Gasteiger partial charge is 0.255 e. The van der Waals surface area contributed by atoms with Gasteiger partial charge in [0, 0.05) is 11.8 Å². The van der Waals surface area contributed by atoms with Crippen molar-refractivity contribution in [2.75, 3.05) is 0 Å². The van der Waals surface area contributed by atoms with E-state index in [0.29, 0.717) is 17.9 Å². The lowest BCUT2D eigenvalue weighted by atomic mass is 10.2. The van der Waals surface area contributed by atoms with Crippen LogP contribution in [0.2, 0.25) is 0 Å². The molecule has 0 atom stereocenters. The summed E-state index contributed by atoms with van der Waals surface area (Å²) in [5.41, 5.74) is 2.08. The molecule has 0 fully saturated rings. The van der Waals surface area contributed by atoms with Crippen molar-refractivity contribution >= 4 is 5.91 Å². The Labute approximate surface area is 92.0 Å². The largest absolute Gasteiger partial charge is 0.359 e. The molecule has 0 aliphatic carbocycles. The highest BCUT2D eigenvalue weighted by Gasteiger charge is 2.11. The predicted molar refractivity (Wildman–Crippen MR) is 55.7 cm³/mol. The molecule has 0 aromatic carbocycles. The van der Waals surface area contributed by atoms with Gasteiger partial charge in [0.05, 0.1) is 24.0 Å². The molecule has 0 radical (unpaired) electrons. The van der Waals surface area contributed by atoms with Gasteiger partial charge in [-0.2, -0.15) is 5.10 Å². The molecule has 0 unspecified atom stereocenters. The monoisotopic (exact) mass is 220 g/mol. The maximum Gasteiger partial charge on any atom is 0.255 e. The third-order valence-corrected chi connectivity index (χ3v) is 2.17. The number of carbonyl (C=O) groups is 1. The van der Waals surface area contributed by atoms with E-state index in [1.54, 1.807) is 13.0 Å². The third kappa shape index (κ3) is 2.10. The van der Waals surface area contributed by atoms with Crippen molar-refractivity contribution in [3.8, 4) is 0 Å². The maximum absolute atomic E-state index is 11.7. The van der Waals surface area contributed by atoms with Crippen LogP contribution < -0.4 is 5.32 Å². The molecule has 0 aliphatic rings. The van der Waals surface area contributed by atoms with E-state index in [4.69, 9.17) is 4.52 Å². The SMILES string of the molecule is Cc1cc(CNC(=O)c2cn[nH]c2C)on1. The Morgan fingerprint density at radius 2 is 2.38 bits per heavy atom. The Balaban J connectivity index is 1.96. The fourth-order valence-corrected chi connectivity index (χ4v) is 1.34. The molecule has 84 valence electrons. The molecular formula is C10H12N4O2. The van der Waals surface area contributed by atoms with E-state index in [2.05, 4.69) is 20.7 Å². The molecule has 16 heavy (non-hydrogen) atoms. The van der Waals surface area contributed by atoms with E-state index in [-0.39, 0.29) is 5.91 Å². The van der Waals surface area contributed by atoms with Crippen LogP contribution in [-0.2, 0) is 6.54 Å². The van der Waals surface area contributed by atoms with Crippen molar-refractivity contribution in [1.29, 1.82) is 0 Å². The topological polar surface area (TPSA) is 83.8 Å². The molecule has 0 saturated heterocycles. The summed E-state index contributed by atoms with van der Waals surface area (Å²) in [5.74, 6) is 0.451. The fraction of sp³-hybridized carbons (Fsp3) is 0.300. The van der Waals surface area contributed by atoms with Gasteiger partial charge in [-0.3, -0.25) is 9.89 Å². The fourth-order valence-electron chi connectivity index (χ4n) is 1.34. The molecule has 0 bridgehead atoms. The number of aromatic nitrogens is 3. The minimum absolute atomic E-state index is 0.180. The van der Waals surface area contributed by atoms with Crippen LogP contribution in [0, 0.1) is 13.8 Å². The van der Waals surface area contributed by atoms with Crippen molar-refractivity contribution in [3.63, 3.8) is 0 Å². The Morgan fingerprint density at radius 1 is 1.56 bits per heavy atom. The van der Waals surface area contributed by atoms with Crippen LogP contribution >= 0.6 is 0 Å². The summed E-state index contributed by atoms with van der Waals surface area (Å²) >= 11 is 0. The van der Waals surface area contributed by atoms with Crippen molar-refractivity contribution in [3.05, 3.63) is 35.0 Å². The summed E-state index contributed by atoms with van der Waals surface area (Å²) in [6.45, 7) is 3.94. The average molecular weight is 220 g/mol. The Kier molecular flexibility index (Phi) is 2.72. The lowest BCUT2D eigenvalue weighted by Gasteiger charge is -2.00. The van der Waals surface area contributed by atoms with E-state index >= 15 is 0 Å². The predicted octanol–water partition coefficient (Wildman–Crippen LogP) is 0.945. The second-order valence-corrected chi connectivity index (χ2v) is 3.53. The van der Waals surface area contributed by atoms with Gasteiger partial charge in [0.25, 0.3) is 5.91 Å². The number of rotatable bonds is 3. The van der Waals surface area contributed by atoms with Crippen LogP contribution in [0.3, 0.4) is 0 Å². The van der Waals surface area contributed by atoms with Gasteiger partial charge in [0.2, 0.25) is 0 Å². The van der Waals surface area contributed by atoms with Crippen molar-refractivity contribution in [2.45, 2.75) is 20.4 Å². The number of hydrogen-bond acceptors (Lipinski definition) is 4. The highest BCUT2D eigenvalue weighted by atomic mass is 16.5. The number of aromatic amines is 1. The first-order chi connectivity index (χ1) is 7.66. The van der Waals surface area contributed by atoms with Gasteiger partial charge < -0.3 is 9.84 Å². The van der Waals surface area contributed by atoms with Gasteiger partial charge in [0.1, 0.15) is 0 Å². The van der Waals surface area contributed by atoms with E-state index in [9.17, 15) is 4.79 Å². The lowest BCUT2D eigenvalue weighted by Crippen LogP contribution is -2.22. The number of nitrogens with one attached hydrogen (secondary N) is 2. The quantitative estimate of drug-likeness (QED) is 0.806. The molecule has 6 nitrogen and oxygen atoms in total. The summed E-state index contributed by atoms with van der Waals surface area (Å²) < 4.78 is 4.97. The first-order valence-corrected chi connectivity index (χ1v) is 4.87. The molecule has 2 heterocycles. The molecule has 6 heteroatoms. The normalized spacial score (nSPS) is 10.4. The first-order valence-electron chi connectivity index (χ1n) is 4.87. The number of aryl methyl sites for hydroxylation is 2. The molecule has 2 aromatic rings. The zero-order chi connectivity index (χ0) is 11.5. The Hall–Kier alpha value is -2.11. The maximum atomic E-state index is 11.7. The zero-order valence-electron chi connectivity index (χ0n) is 9.07. The molecule has 0 saturated carbocycles. The third-order valence-electron chi connectivity index (χ3n) is 2.17. The Morgan fingerprint density at radius 3 is 2.94 bits per heavy atom. The van der Waals surface area contributed by atoms with Gasteiger partial charge in [-0.1, -0.05) is 5.16 Å². The van der Waals surface area contributed by atoms with Gasteiger partial charge in [-0.25, -0.2) is 0 Å². The number of hydrogen-bond donors (Lipinski definition) is 2. The van der Waals surface area contributed by atoms with Crippen molar-refractivity contribution in [2.24, 2.45) is 0 Å². The highest BCUT2D eigenvalue weighted by molar-refractivity contribution is 5.94. The van der Waals surface area contributed by atoms with Crippen LogP contribution in [0.1, 0.15) is 27.5 Å². The molecule has 2 aromatic heterocycles. The standard InChI is InChI=1S/C10H12N4O2/c1-6-3-8(16-14-6)4-11-10(15)9-5-12-13-7(9)2/h3,5H,4H2,1-2H3,(H,11,15)(H,12,13). The van der Waals surface area contributed by atoms with Crippen LogP contribution in [0.4, 0.5) is 0 Å². The Bertz CT molecular complexity index is 500. The molecular weight excluding hydrogens is 208 g/mol. The van der Waals surface area contributed by atoms with Gasteiger partial charge >= 0.3 is 0 Å². The van der Waals surface area contributed by atoms with E-state index in [0.717, 1.165) is 11.4 Å². The number of amides is 1. The average Bonchev–Trinajstić information content (AvgIpc) is 2.84. The van der Waals surface area contributed by atoms with Crippen molar-refractivity contribution < 1.29 is 9.32 Å². The van der Waals surface area contributed by atoms with E-state index < -0.39 is 0 Å². The molecule has 0 spiro atoms. The summed E-state index contributed by atoms with van der Waals surface area (Å²) in [5, 5.41) is 12.9. The van der Waals surface area contributed by atoms with Crippen LogP contribution in [0.5, 0.6) is 0 Å². The molecule has 2 rings (SSSR count). The number of nitrogens with zero attached hydrogens (tertiary/aromatic N) is 2. The molecule has 2 N–H and O–H groups in total. The minimum Gasteiger partial charge on any atom is -0.359 e. The van der Waals surface area contributed by atoms with E-state index in [1.165, 1.54) is 6.20 Å². The highest BCUT2D eigenvalue weighted by Crippen LogP contribution is 2.04. The van der Waals surface area contributed by atoms with Crippen LogP contribution in [-0.4, -0.2) is 21.3 Å². The first kappa shape index (κ1) is 10.4. The summed E-state index contributed by atoms with van der Waals surface area (Å²) in [4.78, 5) is 11.7. The van der Waals surface area contributed by atoms with Crippen molar-refractivity contribution in [1.82, 2.24) is 20.7 Å².